The third-order valence-corrected chi connectivity index (χ3v) is 7.01. The van der Waals surface area contributed by atoms with Gasteiger partial charge in [-0.3, -0.25) is 4.79 Å². The standard InChI is InChI=1S/C29H30ClN3O2/c1-20-13-14-21(2)26(17-20)33-19-22(18-28(33)34)29-31-24-10-4-5-11-25(24)32(29)15-7-8-16-35-27-12-6-3-9-23(27)30/h3-6,9-14,17,22H,7-8,15-16,18-19H2,1-2H3. The van der Waals surface area contributed by atoms with Gasteiger partial charge in [0.1, 0.15) is 11.6 Å². The second kappa shape index (κ2) is 10.1. The summed E-state index contributed by atoms with van der Waals surface area (Å²) in [4.78, 5) is 20.0. The van der Waals surface area contributed by atoms with Crippen LogP contribution in [0.2, 0.25) is 5.02 Å². The molecule has 1 saturated heterocycles. The number of hydrogen-bond donors (Lipinski definition) is 0. The summed E-state index contributed by atoms with van der Waals surface area (Å²) in [7, 11) is 0. The van der Waals surface area contributed by atoms with Gasteiger partial charge in [-0.2, -0.15) is 0 Å². The number of nitrogens with zero attached hydrogens (tertiary/aromatic N) is 3. The molecule has 180 valence electrons. The molecule has 0 bridgehead atoms. The Morgan fingerprint density at radius 2 is 1.83 bits per heavy atom. The number of anilines is 1. The van der Waals surface area contributed by atoms with Crippen molar-refractivity contribution in [2.75, 3.05) is 18.1 Å². The van der Waals surface area contributed by atoms with Crippen molar-refractivity contribution in [2.45, 2.75) is 45.6 Å². The molecule has 4 aromatic rings. The van der Waals surface area contributed by atoms with Crippen LogP contribution >= 0.6 is 11.6 Å². The van der Waals surface area contributed by atoms with E-state index < -0.39 is 0 Å². The van der Waals surface area contributed by atoms with Gasteiger partial charge < -0.3 is 14.2 Å². The van der Waals surface area contributed by atoms with Gasteiger partial charge in [-0.1, -0.05) is 48.0 Å². The predicted octanol–water partition coefficient (Wildman–Crippen LogP) is 6.69. The number of aryl methyl sites for hydroxylation is 3. The summed E-state index contributed by atoms with van der Waals surface area (Å²) in [5.74, 6) is 1.95. The van der Waals surface area contributed by atoms with E-state index >= 15 is 0 Å². The number of fused-ring (bicyclic) bond motifs is 1. The highest BCUT2D eigenvalue weighted by Crippen LogP contribution is 2.35. The summed E-state index contributed by atoms with van der Waals surface area (Å²) in [5.41, 5.74) is 5.39. The third-order valence-electron chi connectivity index (χ3n) is 6.70. The number of aromatic nitrogens is 2. The van der Waals surface area contributed by atoms with Crippen LogP contribution in [-0.2, 0) is 11.3 Å². The Morgan fingerprint density at radius 3 is 2.69 bits per heavy atom. The number of imidazole rings is 1. The molecular weight excluding hydrogens is 458 g/mol. The maximum Gasteiger partial charge on any atom is 0.227 e. The highest BCUT2D eigenvalue weighted by Gasteiger charge is 2.35. The van der Waals surface area contributed by atoms with E-state index in [1.54, 1.807) is 0 Å². The van der Waals surface area contributed by atoms with Crippen molar-refractivity contribution in [1.29, 1.82) is 0 Å². The van der Waals surface area contributed by atoms with Gasteiger partial charge in [-0.15, -0.1) is 0 Å². The summed E-state index contributed by atoms with van der Waals surface area (Å²) in [6.07, 6.45) is 2.32. The smallest absolute Gasteiger partial charge is 0.227 e. The largest absolute Gasteiger partial charge is 0.492 e. The minimum absolute atomic E-state index is 0.0641. The van der Waals surface area contributed by atoms with E-state index in [9.17, 15) is 4.79 Å². The molecule has 2 heterocycles. The summed E-state index contributed by atoms with van der Waals surface area (Å²) < 4.78 is 8.16. The lowest BCUT2D eigenvalue weighted by molar-refractivity contribution is -0.117. The average Bonchev–Trinajstić information content (AvgIpc) is 3.42. The van der Waals surface area contributed by atoms with Gasteiger partial charge >= 0.3 is 0 Å². The maximum atomic E-state index is 13.1. The number of carbonyl (C=O) groups is 1. The summed E-state index contributed by atoms with van der Waals surface area (Å²) in [6.45, 7) is 6.22. The van der Waals surface area contributed by atoms with Gasteiger partial charge in [0, 0.05) is 31.1 Å². The molecule has 0 spiro atoms. The zero-order valence-electron chi connectivity index (χ0n) is 20.2. The van der Waals surface area contributed by atoms with Crippen LogP contribution in [-0.4, -0.2) is 28.6 Å². The molecule has 1 aliphatic rings. The fourth-order valence-corrected chi connectivity index (χ4v) is 5.07. The Morgan fingerprint density at radius 1 is 1.03 bits per heavy atom. The number of benzene rings is 3. The molecule has 0 saturated carbocycles. The molecule has 1 amide bonds. The molecule has 1 fully saturated rings. The van der Waals surface area contributed by atoms with Crippen molar-refractivity contribution in [3.8, 4) is 5.75 Å². The lowest BCUT2D eigenvalue weighted by Crippen LogP contribution is -2.25. The number of para-hydroxylation sites is 3. The molecule has 35 heavy (non-hydrogen) atoms. The van der Waals surface area contributed by atoms with Crippen molar-refractivity contribution in [3.05, 3.63) is 88.7 Å². The van der Waals surface area contributed by atoms with Crippen LogP contribution in [0.15, 0.2) is 66.7 Å². The van der Waals surface area contributed by atoms with Crippen molar-refractivity contribution < 1.29 is 9.53 Å². The number of hydrogen-bond acceptors (Lipinski definition) is 3. The van der Waals surface area contributed by atoms with E-state index in [1.165, 1.54) is 0 Å². The molecule has 1 aromatic heterocycles. The molecule has 0 radical (unpaired) electrons. The van der Waals surface area contributed by atoms with Gasteiger partial charge in [-0.05, 0) is 68.1 Å². The van der Waals surface area contributed by atoms with Crippen LogP contribution in [0.25, 0.3) is 11.0 Å². The van der Waals surface area contributed by atoms with E-state index in [-0.39, 0.29) is 11.8 Å². The zero-order valence-corrected chi connectivity index (χ0v) is 21.0. The first-order chi connectivity index (χ1) is 17.0. The number of unbranched alkanes of at least 4 members (excludes halogenated alkanes) is 1. The van der Waals surface area contributed by atoms with Crippen LogP contribution in [0, 0.1) is 13.8 Å². The molecule has 5 rings (SSSR count). The van der Waals surface area contributed by atoms with Crippen LogP contribution < -0.4 is 9.64 Å². The number of carbonyl (C=O) groups excluding carboxylic acids is 1. The zero-order chi connectivity index (χ0) is 24.4. The second-order valence-corrected chi connectivity index (χ2v) is 9.70. The molecule has 1 aliphatic heterocycles. The van der Waals surface area contributed by atoms with Gasteiger partial charge in [0.05, 0.1) is 22.7 Å². The molecule has 3 aromatic carbocycles. The highest BCUT2D eigenvalue weighted by atomic mass is 35.5. The quantitative estimate of drug-likeness (QED) is 0.260. The molecule has 1 atom stereocenters. The van der Waals surface area contributed by atoms with Crippen LogP contribution in [0.3, 0.4) is 0 Å². The van der Waals surface area contributed by atoms with Crippen molar-refractivity contribution in [3.63, 3.8) is 0 Å². The van der Waals surface area contributed by atoms with E-state index in [1.807, 2.05) is 41.3 Å². The van der Waals surface area contributed by atoms with Crippen LogP contribution in [0.5, 0.6) is 5.75 Å². The maximum absolute atomic E-state index is 13.1. The van der Waals surface area contributed by atoms with E-state index in [4.69, 9.17) is 21.3 Å². The molecule has 0 N–H and O–H groups in total. The minimum atomic E-state index is 0.0641. The van der Waals surface area contributed by atoms with Gasteiger partial charge in [0.25, 0.3) is 0 Å². The topological polar surface area (TPSA) is 47.4 Å². The normalized spacial score (nSPS) is 15.8. The van der Waals surface area contributed by atoms with Crippen LogP contribution in [0.4, 0.5) is 5.69 Å². The van der Waals surface area contributed by atoms with Gasteiger partial charge in [0.15, 0.2) is 0 Å². The molecule has 6 heteroatoms. The SMILES string of the molecule is Cc1ccc(C)c(N2CC(c3nc4ccccc4n3CCCCOc3ccccc3Cl)CC2=O)c1. The fraction of sp³-hybridized carbons (Fsp3) is 0.310. The Hall–Kier alpha value is -3.31. The molecule has 5 nitrogen and oxygen atoms in total. The Labute approximate surface area is 211 Å². The number of halogens is 1. The lowest BCUT2D eigenvalue weighted by atomic mass is 10.1. The first-order valence-corrected chi connectivity index (χ1v) is 12.6. The van der Waals surface area contributed by atoms with E-state index in [0.29, 0.717) is 24.6 Å². The predicted molar refractivity (Wildman–Crippen MR) is 142 cm³/mol. The Balaban J connectivity index is 1.32. The third kappa shape index (κ3) is 4.92. The number of ether oxygens (including phenoxy) is 1. The molecular formula is C29H30ClN3O2. The average molecular weight is 488 g/mol. The minimum Gasteiger partial charge on any atom is -0.492 e. The fourth-order valence-electron chi connectivity index (χ4n) is 4.88. The van der Waals surface area contributed by atoms with Crippen molar-refractivity contribution in [2.24, 2.45) is 0 Å². The monoisotopic (exact) mass is 487 g/mol. The van der Waals surface area contributed by atoms with Gasteiger partial charge in [0.2, 0.25) is 5.91 Å². The number of amides is 1. The highest BCUT2D eigenvalue weighted by molar-refractivity contribution is 6.32. The Kier molecular flexibility index (Phi) is 6.78. The van der Waals surface area contributed by atoms with Crippen LogP contribution in [0.1, 0.15) is 42.1 Å². The van der Waals surface area contributed by atoms with Gasteiger partial charge in [-0.25, -0.2) is 4.98 Å². The van der Waals surface area contributed by atoms with Crippen molar-refractivity contribution in [1.82, 2.24) is 9.55 Å². The summed E-state index contributed by atoms with van der Waals surface area (Å²) in [6, 6.07) is 22.1. The second-order valence-electron chi connectivity index (χ2n) is 9.29. The first-order valence-electron chi connectivity index (χ1n) is 12.2. The van der Waals surface area contributed by atoms with Crippen molar-refractivity contribution >= 4 is 34.2 Å². The summed E-state index contributed by atoms with van der Waals surface area (Å²) >= 11 is 6.19. The van der Waals surface area contributed by atoms with E-state index in [2.05, 4.69) is 48.7 Å². The lowest BCUT2D eigenvalue weighted by Gasteiger charge is -2.20. The summed E-state index contributed by atoms with van der Waals surface area (Å²) in [5, 5.41) is 0.634. The number of rotatable bonds is 8. The molecule has 0 aliphatic carbocycles. The first kappa shape index (κ1) is 23.4. The van der Waals surface area contributed by atoms with E-state index in [0.717, 1.165) is 58.8 Å². The Bertz CT molecular complexity index is 1360. The molecule has 1 unspecified atom stereocenters.